The Morgan fingerprint density at radius 3 is 2.37 bits per heavy atom. The second-order valence-corrected chi connectivity index (χ2v) is 6.86. The van der Waals surface area contributed by atoms with Gasteiger partial charge in [-0.3, -0.25) is 9.59 Å². The molecular weight excluding hydrogens is 342 g/mol. The number of esters is 1. The van der Waals surface area contributed by atoms with Crippen LogP contribution in [-0.2, 0) is 20.9 Å². The topological polar surface area (TPSA) is 64.6 Å². The van der Waals surface area contributed by atoms with Gasteiger partial charge in [0.25, 0.3) is 5.91 Å². The lowest BCUT2D eigenvalue weighted by Crippen LogP contribution is -2.21. The molecule has 0 atom stereocenters. The molecule has 0 radical (unpaired) electrons. The third kappa shape index (κ3) is 6.44. The molecule has 0 unspecified atom stereocenters. The molecule has 0 spiro atoms. The van der Waals surface area contributed by atoms with Crippen molar-refractivity contribution < 1.29 is 19.1 Å². The van der Waals surface area contributed by atoms with Gasteiger partial charge in [0.2, 0.25) is 0 Å². The van der Waals surface area contributed by atoms with Gasteiger partial charge in [0.05, 0.1) is 0 Å². The molecule has 1 aliphatic carbocycles. The number of carbonyl (C=O) groups is 2. The maximum absolute atomic E-state index is 11.9. The highest BCUT2D eigenvalue weighted by Gasteiger charge is 2.19. The quantitative estimate of drug-likeness (QED) is 0.706. The highest BCUT2D eigenvalue weighted by Crippen LogP contribution is 2.27. The van der Waals surface area contributed by atoms with Gasteiger partial charge in [-0.05, 0) is 48.6 Å². The van der Waals surface area contributed by atoms with Crippen LogP contribution in [0.4, 0.5) is 5.69 Å². The van der Waals surface area contributed by atoms with Crippen molar-refractivity contribution >= 4 is 17.6 Å². The van der Waals surface area contributed by atoms with Crippen LogP contribution < -0.4 is 10.1 Å². The number of rotatable bonds is 8. The van der Waals surface area contributed by atoms with E-state index < -0.39 is 0 Å². The van der Waals surface area contributed by atoms with Crippen molar-refractivity contribution in [3.05, 3.63) is 60.2 Å². The molecule has 2 aromatic rings. The number of benzene rings is 2. The molecule has 5 nitrogen and oxygen atoms in total. The molecule has 1 N–H and O–H groups in total. The lowest BCUT2D eigenvalue weighted by atomic mass is 10.1. The Hall–Kier alpha value is -2.82. The first-order chi connectivity index (χ1) is 13.2. The Morgan fingerprint density at radius 1 is 0.963 bits per heavy atom. The predicted octanol–water partition coefficient (Wildman–Crippen LogP) is 4.33. The van der Waals surface area contributed by atoms with E-state index >= 15 is 0 Å². The monoisotopic (exact) mass is 367 g/mol. The molecule has 1 fully saturated rings. The summed E-state index contributed by atoms with van der Waals surface area (Å²) < 4.78 is 10.8. The average Bonchev–Trinajstić information content (AvgIpc) is 3.20. The van der Waals surface area contributed by atoms with Gasteiger partial charge in [0, 0.05) is 12.1 Å². The molecule has 1 aliphatic rings. The van der Waals surface area contributed by atoms with Gasteiger partial charge < -0.3 is 14.8 Å². The number of anilines is 1. The normalized spacial score (nSPS) is 13.9. The Bertz CT molecular complexity index is 737. The van der Waals surface area contributed by atoms with E-state index in [4.69, 9.17) is 9.47 Å². The summed E-state index contributed by atoms with van der Waals surface area (Å²) in [6, 6.07) is 17.0. The molecule has 5 heteroatoms. The third-order valence-corrected chi connectivity index (χ3v) is 4.68. The van der Waals surface area contributed by atoms with Gasteiger partial charge >= 0.3 is 5.97 Å². The molecule has 0 bridgehead atoms. The average molecular weight is 367 g/mol. The first-order valence-electron chi connectivity index (χ1n) is 9.41. The van der Waals surface area contributed by atoms with Crippen LogP contribution >= 0.6 is 0 Å². The van der Waals surface area contributed by atoms with Gasteiger partial charge in [-0.25, -0.2) is 0 Å². The molecule has 3 rings (SSSR count). The van der Waals surface area contributed by atoms with Crippen LogP contribution in [0.5, 0.6) is 5.75 Å². The molecule has 0 saturated heterocycles. The van der Waals surface area contributed by atoms with Gasteiger partial charge in [0.15, 0.2) is 6.61 Å². The fourth-order valence-corrected chi connectivity index (χ4v) is 3.23. The summed E-state index contributed by atoms with van der Waals surface area (Å²) in [4.78, 5) is 23.7. The van der Waals surface area contributed by atoms with E-state index in [-0.39, 0.29) is 18.5 Å². The van der Waals surface area contributed by atoms with E-state index in [0.29, 0.717) is 24.6 Å². The number of amides is 1. The number of hydrogen-bond donors (Lipinski definition) is 1. The summed E-state index contributed by atoms with van der Waals surface area (Å²) in [6.45, 7) is 0.237. The van der Waals surface area contributed by atoms with Crippen LogP contribution in [0, 0.1) is 5.92 Å². The van der Waals surface area contributed by atoms with Crippen molar-refractivity contribution in [2.45, 2.75) is 38.7 Å². The maximum atomic E-state index is 11.9. The minimum atomic E-state index is -0.340. The minimum absolute atomic E-state index is 0.252. The van der Waals surface area contributed by atoms with Crippen molar-refractivity contribution in [3.8, 4) is 5.75 Å². The molecule has 2 aromatic carbocycles. The second kappa shape index (κ2) is 9.76. The minimum Gasteiger partial charge on any atom is -0.489 e. The van der Waals surface area contributed by atoms with E-state index in [1.165, 1.54) is 12.8 Å². The van der Waals surface area contributed by atoms with E-state index in [1.807, 2.05) is 30.3 Å². The molecule has 0 aromatic heterocycles. The molecule has 142 valence electrons. The van der Waals surface area contributed by atoms with Crippen molar-refractivity contribution in [1.29, 1.82) is 0 Å². The van der Waals surface area contributed by atoms with Crippen molar-refractivity contribution in [3.63, 3.8) is 0 Å². The fraction of sp³-hybridized carbons (Fsp3) is 0.364. The van der Waals surface area contributed by atoms with E-state index in [1.54, 1.807) is 24.3 Å². The summed E-state index contributed by atoms with van der Waals surface area (Å²) in [5.74, 6) is 0.512. The van der Waals surface area contributed by atoms with Crippen LogP contribution in [-0.4, -0.2) is 18.5 Å². The smallest absolute Gasteiger partial charge is 0.306 e. The standard InChI is InChI=1S/C22H25NO4/c24-21(16-27-22(25)14-17-6-4-5-7-17)23-19-10-12-20(13-11-19)26-15-18-8-2-1-3-9-18/h1-3,8-13,17H,4-7,14-16H2,(H,23,24). The van der Waals surface area contributed by atoms with Gasteiger partial charge in [0.1, 0.15) is 12.4 Å². The summed E-state index contributed by atoms with van der Waals surface area (Å²) in [7, 11) is 0. The van der Waals surface area contributed by atoms with Crippen LogP contribution in [0.3, 0.4) is 0 Å². The van der Waals surface area contributed by atoms with Gasteiger partial charge in [-0.1, -0.05) is 43.2 Å². The Kier molecular flexibility index (Phi) is 6.85. The highest BCUT2D eigenvalue weighted by molar-refractivity contribution is 5.92. The Balaban J connectivity index is 1.38. The maximum Gasteiger partial charge on any atom is 0.306 e. The van der Waals surface area contributed by atoms with E-state index in [9.17, 15) is 9.59 Å². The first kappa shape index (κ1) is 19.0. The van der Waals surface area contributed by atoms with Gasteiger partial charge in [-0.15, -0.1) is 0 Å². The van der Waals surface area contributed by atoms with Crippen molar-refractivity contribution in [2.75, 3.05) is 11.9 Å². The van der Waals surface area contributed by atoms with E-state index in [0.717, 1.165) is 24.2 Å². The van der Waals surface area contributed by atoms with Crippen LogP contribution in [0.1, 0.15) is 37.7 Å². The fourth-order valence-electron chi connectivity index (χ4n) is 3.23. The third-order valence-electron chi connectivity index (χ3n) is 4.68. The zero-order chi connectivity index (χ0) is 18.9. The predicted molar refractivity (Wildman–Crippen MR) is 103 cm³/mol. The van der Waals surface area contributed by atoms with Crippen molar-refractivity contribution in [2.24, 2.45) is 5.92 Å². The molecule has 0 aliphatic heterocycles. The molecular formula is C22H25NO4. The van der Waals surface area contributed by atoms with Crippen LogP contribution in [0.15, 0.2) is 54.6 Å². The van der Waals surface area contributed by atoms with Crippen LogP contribution in [0.25, 0.3) is 0 Å². The van der Waals surface area contributed by atoms with Crippen molar-refractivity contribution in [1.82, 2.24) is 0 Å². The summed E-state index contributed by atoms with van der Waals surface area (Å²) in [5, 5.41) is 2.72. The Labute approximate surface area is 159 Å². The Morgan fingerprint density at radius 2 is 1.67 bits per heavy atom. The lowest BCUT2D eigenvalue weighted by molar-refractivity contribution is -0.148. The van der Waals surface area contributed by atoms with Crippen LogP contribution in [0.2, 0.25) is 0 Å². The summed E-state index contributed by atoms with van der Waals surface area (Å²) >= 11 is 0. The van der Waals surface area contributed by atoms with E-state index in [2.05, 4.69) is 5.32 Å². The number of carbonyl (C=O) groups excluding carboxylic acids is 2. The summed E-state index contributed by atoms with van der Waals surface area (Å²) in [5.41, 5.74) is 1.73. The second-order valence-electron chi connectivity index (χ2n) is 6.86. The largest absolute Gasteiger partial charge is 0.489 e. The molecule has 27 heavy (non-hydrogen) atoms. The molecule has 1 saturated carbocycles. The number of ether oxygens (including phenoxy) is 2. The SMILES string of the molecule is O=C(COC(=O)CC1CCCC1)Nc1ccc(OCc2ccccc2)cc1. The molecule has 0 heterocycles. The lowest BCUT2D eigenvalue weighted by Gasteiger charge is -2.10. The highest BCUT2D eigenvalue weighted by atomic mass is 16.5. The number of nitrogens with one attached hydrogen (secondary N) is 1. The summed E-state index contributed by atoms with van der Waals surface area (Å²) in [6.07, 6.45) is 4.95. The number of hydrogen-bond acceptors (Lipinski definition) is 4. The zero-order valence-corrected chi connectivity index (χ0v) is 15.4. The zero-order valence-electron chi connectivity index (χ0n) is 15.4. The first-order valence-corrected chi connectivity index (χ1v) is 9.41. The molecule has 1 amide bonds. The van der Waals surface area contributed by atoms with Gasteiger partial charge in [-0.2, -0.15) is 0 Å².